The van der Waals surface area contributed by atoms with Gasteiger partial charge in [-0.05, 0) is 24.1 Å². The number of aromatic amines is 1. The fraction of sp³-hybridized carbons (Fsp3) is 0.700. The van der Waals surface area contributed by atoms with Crippen LogP contribution in [0.25, 0.3) is 0 Å². The fourth-order valence-electron chi connectivity index (χ4n) is 1.37. The lowest BCUT2D eigenvalue weighted by molar-refractivity contribution is 0.337. The molecule has 2 nitrogen and oxygen atoms in total. The first kappa shape index (κ1) is 10.5. The van der Waals surface area contributed by atoms with Gasteiger partial charge in [0.05, 0.1) is 0 Å². The Bertz CT molecular complexity index is 327. The summed E-state index contributed by atoms with van der Waals surface area (Å²) < 4.78 is 3.03. The van der Waals surface area contributed by atoms with Crippen LogP contribution >= 0.6 is 12.2 Å². The third-order valence-electron chi connectivity index (χ3n) is 1.95. The number of hydrogen-bond acceptors (Lipinski definition) is 1. The van der Waals surface area contributed by atoms with Crippen molar-refractivity contribution in [3.8, 4) is 0 Å². The Labute approximate surface area is 85.0 Å². The molecule has 74 valence electrons. The average Bonchev–Trinajstić information content (AvgIpc) is 2.30. The predicted octanol–water partition coefficient (Wildman–Crippen LogP) is 3.15. The van der Waals surface area contributed by atoms with Crippen molar-refractivity contribution >= 4 is 12.2 Å². The highest BCUT2D eigenvalue weighted by Gasteiger charge is 2.13. The Morgan fingerprint density at radius 2 is 2.08 bits per heavy atom. The molecule has 13 heavy (non-hydrogen) atoms. The van der Waals surface area contributed by atoms with Crippen molar-refractivity contribution in [3.63, 3.8) is 0 Å². The van der Waals surface area contributed by atoms with Crippen LogP contribution in [0.15, 0.2) is 6.20 Å². The van der Waals surface area contributed by atoms with Gasteiger partial charge in [-0.25, -0.2) is 0 Å². The average molecular weight is 198 g/mol. The molecule has 1 N–H and O–H groups in total. The number of imidazole rings is 1. The summed E-state index contributed by atoms with van der Waals surface area (Å²) in [6.07, 6.45) is 3.04. The van der Waals surface area contributed by atoms with Gasteiger partial charge in [0, 0.05) is 18.4 Å². The van der Waals surface area contributed by atoms with Crippen LogP contribution in [-0.2, 0) is 13.0 Å². The van der Waals surface area contributed by atoms with Crippen molar-refractivity contribution in [2.75, 3.05) is 0 Å². The SMILES string of the molecule is CCc1c[nH]c(=S)n1CC(C)(C)C. The number of nitrogens with zero attached hydrogens (tertiary/aromatic N) is 1. The van der Waals surface area contributed by atoms with Crippen LogP contribution < -0.4 is 0 Å². The first-order valence-electron chi connectivity index (χ1n) is 4.71. The summed E-state index contributed by atoms with van der Waals surface area (Å²) >= 11 is 5.21. The normalized spacial score (nSPS) is 12.0. The molecule has 0 fully saturated rings. The maximum atomic E-state index is 5.21. The lowest BCUT2D eigenvalue weighted by Crippen LogP contribution is -2.17. The van der Waals surface area contributed by atoms with E-state index in [1.54, 1.807) is 0 Å². The molecule has 0 saturated heterocycles. The van der Waals surface area contributed by atoms with Crippen LogP contribution in [-0.4, -0.2) is 9.55 Å². The summed E-state index contributed by atoms with van der Waals surface area (Å²) in [5, 5.41) is 0. The lowest BCUT2D eigenvalue weighted by atomic mass is 9.97. The van der Waals surface area contributed by atoms with E-state index >= 15 is 0 Å². The predicted molar refractivity (Wildman–Crippen MR) is 58.4 cm³/mol. The van der Waals surface area contributed by atoms with Crippen molar-refractivity contribution in [3.05, 3.63) is 16.7 Å². The Kier molecular flexibility index (Phi) is 2.96. The smallest absolute Gasteiger partial charge is 0.177 e. The third kappa shape index (κ3) is 2.69. The highest BCUT2D eigenvalue weighted by atomic mass is 32.1. The van der Waals surface area contributed by atoms with Crippen LogP contribution in [0, 0.1) is 10.2 Å². The quantitative estimate of drug-likeness (QED) is 0.724. The minimum absolute atomic E-state index is 0.282. The third-order valence-corrected chi connectivity index (χ3v) is 2.29. The molecule has 0 aliphatic carbocycles. The van der Waals surface area contributed by atoms with Crippen LogP contribution in [0.2, 0.25) is 0 Å². The number of H-pyrrole nitrogens is 1. The molecule has 0 bridgehead atoms. The van der Waals surface area contributed by atoms with E-state index in [4.69, 9.17) is 12.2 Å². The van der Waals surface area contributed by atoms with Gasteiger partial charge in [0.2, 0.25) is 0 Å². The molecule has 0 aliphatic rings. The zero-order chi connectivity index (χ0) is 10.1. The Hall–Kier alpha value is -0.570. The first-order valence-corrected chi connectivity index (χ1v) is 5.12. The van der Waals surface area contributed by atoms with E-state index in [2.05, 4.69) is 37.2 Å². The fourth-order valence-corrected chi connectivity index (χ4v) is 1.61. The number of nitrogens with one attached hydrogen (secondary N) is 1. The van der Waals surface area contributed by atoms with Gasteiger partial charge in [0.25, 0.3) is 0 Å². The summed E-state index contributed by atoms with van der Waals surface area (Å²) in [5.74, 6) is 0. The van der Waals surface area contributed by atoms with E-state index < -0.39 is 0 Å². The number of rotatable bonds is 2. The molecule has 1 aromatic rings. The van der Waals surface area contributed by atoms with E-state index in [1.807, 2.05) is 6.20 Å². The highest BCUT2D eigenvalue weighted by Crippen LogP contribution is 2.18. The molecule has 0 radical (unpaired) electrons. The molecule has 0 atom stereocenters. The second kappa shape index (κ2) is 3.66. The number of hydrogen-bond donors (Lipinski definition) is 1. The van der Waals surface area contributed by atoms with Gasteiger partial charge >= 0.3 is 0 Å². The molecule has 0 aliphatic heterocycles. The molecule has 1 rings (SSSR count). The van der Waals surface area contributed by atoms with Gasteiger partial charge in [-0.3, -0.25) is 0 Å². The largest absolute Gasteiger partial charge is 0.337 e. The number of aromatic nitrogens is 2. The minimum Gasteiger partial charge on any atom is -0.337 e. The zero-order valence-corrected chi connectivity index (χ0v) is 9.66. The van der Waals surface area contributed by atoms with E-state index in [-0.39, 0.29) is 5.41 Å². The first-order chi connectivity index (χ1) is 5.94. The van der Waals surface area contributed by atoms with Gasteiger partial charge in [-0.2, -0.15) is 0 Å². The molecule has 0 spiro atoms. The van der Waals surface area contributed by atoms with Crippen LogP contribution in [0.1, 0.15) is 33.4 Å². The molecule has 0 unspecified atom stereocenters. The monoisotopic (exact) mass is 198 g/mol. The maximum Gasteiger partial charge on any atom is 0.177 e. The molecule has 3 heteroatoms. The van der Waals surface area contributed by atoms with Gasteiger partial charge in [-0.15, -0.1) is 0 Å². The van der Waals surface area contributed by atoms with Gasteiger partial charge in [0.1, 0.15) is 0 Å². The maximum absolute atomic E-state index is 5.21. The van der Waals surface area contributed by atoms with Gasteiger partial charge in [-0.1, -0.05) is 27.7 Å². The van der Waals surface area contributed by atoms with E-state index in [1.165, 1.54) is 5.69 Å². The van der Waals surface area contributed by atoms with E-state index in [0.717, 1.165) is 17.7 Å². The van der Waals surface area contributed by atoms with Crippen molar-refractivity contribution in [2.24, 2.45) is 5.41 Å². The molecular formula is C10H18N2S. The number of aryl methyl sites for hydroxylation is 1. The van der Waals surface area contributed by atoms with E-state index in [0.29, 0.717) is 0 Å². The molecular weight excluding hydrogens is 180 g/mol. The van der Waals surface area contributed by atoms with Crippen molar-refractivity contribution in [1.29, 1.82) is 0 Å². The van der Waals surface area contributed by atoms with Crippen LogP contribution in [0.4, 0.5) is 0 Å². The molecule has 0 amide bonds. The Morgan fingerprint density at radius 3 is 2.54 bits per heavy atom. The topological polar surface area (TPSA) is 20.7 Å². The van der Waals surface area contributed by atoms with Crippen LogP contribution in [0.5, 0.6) is 0 Å². The summed E-state index contributed by atoms with van der Waals surface area (Å²) in [6, 6.07) is 0. The summed E-state index contributed by atoms with van der Waals surface area (Å²) in [5.41, 5.74) is 1.57. The highest BCUT2D eigenvalue weighted by molar-refractivity contribution is 7.71. The molecule has 0 aromatic carbocycles. The molecule has 1 heterocycles. The zero-order valence-electron chi connectivity index (χ0n) is 8.85. The van der Waals surface area contributed by atoms with E-state index in [9.17, 15) is 0 Å². The second-order valence-electron chi connectivity index (χ2n) is 4.59. The van der Waals surface area contributed by atoms with Gasteiger partial charge in [0.15, 0.2) is 4.77 Å². The summed E-state index contributed by atoms with van der Waals surface area (Å²) in [6.45, 7) is 9.80. The summed E-state index contributed by atoms with van der Waals surface area (Å²) in [4.78, 5) is 3.09. The van der Waals surface area contributed by atoms with Crippen LogP contribution in [0.3, 0.4) is 0 Å². The summed E-state index contributed by atoms with van der Waals surface area (Å²) in [7, 11) is 0. The van der Waals surface area contributed by atoms with Crippen molar-refractivity contribution < 1.29 is 0 Å². The molecule has 1 aromatic heterocycles. The standard InChI is InChI=1S/C10H18N2S/c1-5-8-6-11-9(13)12(8)7-10(2,3)4/h6H,5,7H2,1-4H3,(H,11,13). The lowest BCUT2D eigenvalue weighted by Gasteiger charge is -2.20. The molecule has 0 saturated carbocycles. The second-order valence-corrected chi connectivity index (χ2v) is 4.97. The van der Waals surface area contributed by atoms with Gasteiger partial charge < -0.3 is 9.55 Å². The Balaban J connectivity index is 2.99. The van der Waals surface area contributed by atoms with Crippen molar-refractivity contribution in [2.45, 2.75) is 40.7 Å². The Morgan fingerprint density at radius 1 is 1.46 bits per heavy atom. The minimum atomic E-state index is 0.282. The van der Waals surface area contributed by atoms with Crippen molar-refractivity contribution in [1.82, 2.24) is 9.55 Å².